The highest BCUT2D eigenvalue weighted by Gasteiger charge is 1.89. The third kappa shape index (κ3) is 11.9. The number of hydrogen-bond acceptors (Lipinski definition) is 0. The number of hydrogen-bond donors (Lipinski definition) is 0. The molecule has 0 saturated carbocycles. The van der Waals surface area contributed by atoms with Crippen molar-refractivity contribution in [1.29, 1.82) is 0 Å². The summed E-state index contributed by atoms with van der Waals surface area (Å²) >= 11 is 0. The molecule has 0 heteroatoms. The maximum atomic E-state index is 2.18. The SMILES string of the molecule is CCc1ccccc1.CCc1ccccc1C.Cc1ccccc1.Cc1ccccc1C. The summed E-state index contributed by atoms with van der Waals surface area (Å²) in [6.07, 6.45) is 2.29. The van der Waals surface area contributed by atoms with Crippen LogP contribution in [-0.2, 0) is 12.8 Å². The first-order chi connectivity index (χ1) is 15.5. The normalized spacial score (nSPS) is 9.19. The molecule has 0 spiro atoms. The summed E-state index contributed by atoms with van der Waals surface area (Å²) in [5.41, 5.74) is 8.33. The third-order valence-electron chi connectivity index (χ3n) is 5.26. The van der Waals surface area contributed by atoms with Crippen molar-refractivity contribution < 1.29 is 0 Å². The molecule has 4 aromatic rings. The van der Waals surface area contributed by atoms with E-state index in [0.717, 1.165) is 12.8 Å². The second-order valence-corrected chi connectivity index (χ2v) is 7.86. The lowest BCUT2D eigenvalue weighted by atomic mass is 10.1. The fourth-order valence-corrected chi connectivity index (χ4v) is 2.92. The Bertz CT molecular complexity index is 948. The van der Waals surface area contributed by atoms with Crippen molar-refractivity contribution in [3.63, 3.8) is 0 Å². The van der Waals surface area contributed by atoms with Gasteiger partial charge in [-0.1, -0.05) is 129 Å². The van der Waals surface area contributed by atoms with Crippen molar-refractivity contribution in [2.45, 2.75) is 54.4 Å². The molecule has 0 amide bonds. The van der Waals surface area contributed by atoms with E-state index in [1.807, 2.05) is 24.3 Å². The Morgan fingerprint density at radius 3 is 1.09 bits per heavy atom. The quantitative estimate of drug-likeness (QED) is 0.301. The molecule has 0 heterocycles. The Kier molecular flexibility index (Phi) is 13.9. The van der Waals surface area contributed by atoms with Gasteiger partial charge >= 0.3 is 0 Å². The van der Waals surface area contributed by atoms with E-state index in [0.29, 0.717) is 0 Å². The largest absolute Gasteiger partial charge is 0.0622 e. The highest BCUT2D eigenvalue weighted by Crippen LogP contribution is 2.06. The summed E-state index contributed by atoms with van der Waals surface area (Å²) in [5, 5.41) is 0. The number of rotatable bonds is 2. The predicted molar refractivity (Wildman–Crippen MR) is 143 cm³/mol. The summed E-state index contributed by atoms with van der Waals surface area (Å²) in [5.74, 6) is 0. The lowest BCUT2D eigenvalue weighted by Crippen LogP contribution is -1.82. The standard InChI is InChI=1S/C9H12.2C8H10.C7H8/c1-3-9-7-5-4-6-8(9)2;1-7-5-3-4-6-8(7)2;1-2-8-6-4-3-5-7-8;1-7-5-3-2-4-6-7/h4-7H,3H2,1-2H3;3-6H,1-2H3;3-7H,2H2,1H3;2-6H,1H3. The van der Waals surface area contributed by atoms with Gasteiger partial charge in [0, 0.05) is 0 Å². The zero-order chi connectivity index (χ0) is 23.6. The van der Waals surface area contributed by atoms with Gasteiger partial charge in [-0.2, -0.15) is 0 Å². The van der Waals surface area contributed by atoms with Gasteiger partial charge in [-0.25, -0.2) is 0 Å². The van der Waals surface area contributed by atoms with Gasteiger partial charge in [0.15, 0.2) is 0 Å². The smallest absolute Gasteiger partial charge is 0.0305 e. The van der Waals surface area contributed by atoms with Crippen LogP contribution >= 0.6 is 0 Å². The zero-order valence-electron chi connectivity index (χ0n) is 20.8. The van der Waals surface area contributed by atoms with Crippen molar-refractivity contribution in [3.8, 4) is 0 Å². The monoisotopic (exact) mass is 424 g/mol. The molecule has 0 aromatic heterocycles. The van der Waals surface area contributed by atoms with Crippen molar-refractivity contribution in [3.05, 3.63) is 143 Å². The molecule has 32 heavy (non-hydrogen) atoms. The molecule has 0 unspecified atom stereocenters. The maximum Gasteiger partial charge on any atom is -0.0305 e. The predicted octanol–water partition coefficient (Wildman–Crippen LogP) is 9.10. The molecule has 0 aliphatic carbocycles. The Morgan fingerprint density at radius 2 is 0.812 bits per heavy atom. The minimum absolute atomic E-state index is 1.14. The molecule has 0 radical (unpaired) electrons. The van der Waals surface area contributed by atoms with E-state index < -0.39 is 0 Å². The van der Waals surface area contributed by atoms with Gasteiger partial charge < -0.3 is 0 Å². The van der Waals surface area contributed by atoms with E-state index in [4.69, 9.17) is 0 Å². The van der Waals surface area contributed by atoms with Gasteiger partial charge in [0.2, 0.25) is 0 Å². The summed E-state index contributed by atoms with van der Waals surface area (Å²) in [4.78, 5) is 0. The average molecular weight is 425 g/mol. The molecular weight excluding hydrogens is 384 g/mol. The van der Waals surface area contributed by atoms with Crippen LogP contribution in [0.4, 0.5) is 0 Å². The van der Waals surface area contributed by atoms with Crippen LogP contribution in [-0.4, -0.2) is 0 Å². The van der Waals surface area contributed by atoms with Crippen LogP contribution < -0.4 is 0 Å². The molecule has 0 fully saturated rings. The molecule has 0 atom stereocenters. The molecule has 0 aliphatic heterocycles. The summed E-state index contributed by atoms with van der Waals surface area (Å²) < 4.78 is 0. The fourth-order valence-electron chi connectivity index (χ4n) is 2.92. The molecule has 0 saturated heterocycles. The fraction of sp³-hybridized carbons (Fsp3) is 0.250. The van der Waals surface area contributed by atoms with Crippen LogP contribution in [0.1, 0.15) is 47.2 Å². The van der Waals surface area contributed by atoms with Gasteiger partial charge in [0.05, 0.1) is 0 Å². The minimum atomic E-state index is 1.14. The lowest BCUT2D eigenvalue weighted by Gasteiger charge is -1.98. The highest BCUT2D eigenvalue weighted by atomic mass is 14.0. The summed E-state index contributed by atoms with van der Waals surface area (Å²) in [6, 6.07) is 37.6. The molecule has 0 N–H and O–H groups in total. The van der Waals surface area contributed by atoms with Crippen LogP contribution in [0.3, 0.4) is 0 Å². The van der Waals surface area contributed by atoms with Crippen molar-refractivity contribution in [1.82, 2.24) is 0 Å². The molecule has 4 aromatic carbocycles. The van der Waals surface area contributed by atoms with Gasteiger partial charge in [-0.15, -0.1) is 0 Å². The van der Waals surface area contributed by atoms with Crippen molar-refractivity contribution in [2.75, 3.05) is 0 Å². The Balaban J connectivity index is 0.000000214. The summed E-state index contributed by atoms with van der Waals surface area (Å²) in [7, 11) is 0. The molecule has 168 valence electrons. The zero-order valence-corrected chi connectivity index (χ0v) is 20.8. The average Bonchev–Trinajstić information content (AvgIpc) is 2.84. The van der Waals surface area contributed by atoms with Gasteiger partial charge in [0.1, 0.15) is 0 Å². The van der Waals surface area contributed by atoms with E-state index in [2.05, 4.69) is 126 Å². The first kappa shape index (κ1) is 26.9. The molecule has 0 nitrogen and oxygen atoms in total. The second-order valence-electron chi connectivity index (χ2n) is 7.86. The molecule has 0 aliphatic rings. The third-order valence-corrected chi connectivity index (χ3v) is 5.26. The van der Waals surface area contributed by atoms with E-state index in [-0.39, 0.29) is 0 Å². The Morgan fingerprint density at radius 1 is 0.406 bits per heavy atom. The molecular formula is C32H40. The Labute approximate surface area is 197 Å². The second kappa shape index (κ2) is 16.6. The van der Waals surface area contributed by atoms with E-state index in [1.165, 1.54) is 33.4 Å². The van der Waals surface area contributed by atoms with Gasteiger partial charge in [0.25, 0.3) is 0 Å². The van der Waals surface area contributed by atoms with Crippen LogP contribution in [0.5, 0.6) is 0 Å². The summed E-state index contributed by atoms with van der Waals surface area (Å²) in [6.45, 7) is 12.8. The number of benzene rings is 4. The van der Waals surface area contributed by atoms with Crippen LogP contribution in [0.15, 0.2) is 109 Å². The van der Waals surface area contributed by atoms with Crippen molar-refractivity contribution >= 4 is 0 Å². The maximum absolute atomic E-state index is 2.18. The first-order valence-electron chi connectivity index (χ1n) is 11.6. The van der Waals surface area contributed by atoms with Crippen LogP contribution in [0.25, 0.3) is 0 Å². The highest BCUT2D eigenvalue weighted by molar-refractivity contribution is 5.25. The number of aryl methyl sites for hydroxylation is 6. The lowest BCUT2D eigenvalue weighted by molar-refractivity contribution is 1.11. The Hall–Kier alpha value is -3.12. The molecule has 4 rings (SSSR count). The van der Waals surface area contributed by atoms with Crippen LogP contribution in [0, 0.1) is 27.7 Å². The minimum Gasteiger partial charge on any atom is -0.0622 e. The van der Waals surface area contributed by atoms with Crippen molar-refractivity contribution in [2.24, 2.45) is 0 Å². The first-order valence-corrected chi connectivity index (χ1v) is 11.6. The van der Waals surface area contributed by atoms with Crippen LogP contribution in [0.2, 0.25) is 0 Å². The molecule has 0 bridgehead atoms. The topological polar surface area (TPSA) is 0 Å². The van der Waals surface area contributed by atoms with Gasteiger partial charge in [-0.05, 0) is 68.4 Å². The van der Waals surface area contributed by atoms with E-state index in [1.54, 1.807) is 0 Å². The van der Waals surface area contributed by atoms with E-state index in [9.17, 15) is 0 Å². The van der Waals surface area contributed by atoms with E-state index >= 15 is 0 Å². The van der Waals surface area contributed by atoms with Gasteiger partial charge in [-0.3, -0.25) is 0 Å².